The van der Waals surface area contributed by atoms with E-state index < -0.39 is 97.5 Å². The first-order valence-electron chi connectivity index (χ1n) is 30.7. The van der Waals surface area contributed by atoms with Gasteiger partial charge in [-0.1, -0.05) is 234 Å². The van der Waals surface area contributed by atoms with E-state index in [1.165, 1.54) is 89.9 Å². The summed E-state index contributed by atoms with van der Waals surface area (Å²) in [6.45, 7) is 6.99. The van der Waals surface area contributed by atoms with Crippen LogP contribution in [0.3, 0.4) is 0 Å². The molecule has 0 saturated heterocycles. The van der Waals surface area contributed by atoms with Crippen LogP contribution < -0.4 is 0 Å². The van der Waals surface area contributed by atoms with Crippen molar-refractivity contribution in [3.05, 3.63) is 0 Å². The molecule has 0 aliphatic rings. The topological polar surface area (TPSA) is 237 Å². The van der Waals surface area contributed by atoms with Gasteiger partial charge in [0.2, 0.25) is 0 Å². The van der Waals surface area contributed by atoms with Crippen LogP contribution >= 0.6 is 15.6 Å². The van der Waals surface area contributed by atoms with Crippen molar-refractivity contribution in [1.29, 1.82) is 0 Å². The lowest BCUT2D eigenvalue weighted by atomic mass is 10.00. The van der Waals surface area contributed by atoms with Crippen molar-refractivity contribution in [3.8, 4) is 0 Å². The summed E-state index contributed by atoms with van der Waals surface area (Å²) in [6, 6.07) is 0. The van der Waals surface area contributed by atoms with Crippen LogP contribution in [-0.4, -0.2) is 96.7 Å². The molecule has 0 aliphatic heterocycles. The van der Waals surface area contributed by atoms with Gasteiger partial charge in [-0.15, -0.1) is 0 Å². The average molecular weight is 1140 g/mol. The number of phosphoric ester groups is 2. The molecular weight excluding hydrogens is 1030 g/mol. The van der Waals surface area contributed by atoms with Crippen LogP contribution in [0.25, 0.3) is 0 Å². The number of esters is 4. The van der Waals surface area contributed by atoms with Crippen molar-refractivity contribution in [3.63, 3.8) is 0 Å². The summed E-state index contributed by atoms with van der Waals surface area (Å²) >= 11 is 0. The number of carbonyl (C=O) groups is 4. The molecule has 6 atom stereocenters. The number of rotatable bonds is 58. The van der Waals surface area contributed by atoms with Gasteiger partial charge in [0, 0.05) is 25.7 Å². The van der Waals surface area contributed by atoms with Gasteiger partial charge in [0.25, 0.3) is 0 Å². The maximum atomic E-state index is 12.9. The standard InChI is InChI=1S/C58H112O17P2/c1-6-10-13-16-18-20-21-22-23-24-25-27-34-39-44-58(63)75-54(48-69-56(61)42-37-32-29-28-31-35-40-51(5)9-4)50-73-77(66,67)71-46-52(59)45-70-76(64,65)72-49-53(47-68-55(60)41-36-30-15-12-8-3)74-57(62)43-38-33-26-19-17-14-11-7-2/h51-54,59H,6-50H2,1-5H3,(H,64,65)(H,66,67)/t51?,52-,53+,54+/m0/s1. The highest BCUT2D eigenvalue weighted by molar-refractivity contribution is 7.47. The summed E-state index contributed by atoms with van der Waals surface area (Å²) in [6.07, 6.45) is 33.9. The lowest BCUT2D eigenvalue weighted by molar-refractivity contribution is -0.161. The number of ether oxygens (including phenoxy) is 4. The van der Waals surface area contributed by atoms with Gasteiger partial charge in [-0.05, 0) is 31.6 Å². The lowest BCUT2D eigenvalue weighted by Gasteiger charge is -2.21. The summed E-state index contributed by atoms with van der Waals surface area (Å²) in [7, 11) is -9.86. The molecule has 17 nitrogen and oxygen atoms in total. The Hall–Kier alpha value is -1.94. The summed E-state index contributed by atoms with van der Waals surface area (Å²) in [5.41, 5.74) is 0. The minimum Gasteiger partial charge on any atom is -0.462 e. The van der Waals surface area contributed by atoms with Gasteiger partial charge in [0.05, 0.1) is 26.4 Å². The Kier molecular flexibility index (Phi) is 50.8. The normalized spacial score (nSPS) is 14.8. The van der Waals surface area contributed by atoms with E-state index >= 15 is 0 Å². The highest BCUT2D eigenvalue weighted by Crippen LogP contribution is 2.45. The first kappa shape index (κ1) is 75.1. The van der Waals surface area contributed by atoms with Gasteiger partial charge in [0.15, 0.2) is 12.2 Å². The van der Waals surface area contributed by atoms with Crippen LogP contribution in [0.5, 0.6) is 0 Å². The van der Waals surface area contributed by atoms with Gasteiger partial charge >= 0.3 is 39.5 Å². The Morgan fingerprint density at radius 1 is 0.364 bits per heavy atom. The Morgan fingerprint density at radius 3 is 0.922 bits per heavy atom. The largest absolute Gasteiger partial charge is 0.472 e. The second-order valence-electron chi connectivity index (χ2n) is 21.3. The van der Waals surface area contributed by atoms with Crippen LogP contribution in [0.1, 0.15) is 285 Å². The molecule has 3 unspecified atom stereocenters. The number of aliphatic hydroxyl groups is 1. The molecule has 19 heteroatoms. The summed E-state index contributed by atoms with van der Waals surface area (Å²) in [5, 5.41) is 10.5. The highest BCUT2D eigenvalue weighted by Gasteiger charge is 2.30. The van der Waals surface area contributed by atoms with Crippen LogP contribution in [0.15, 0.2) is 0 Å². The molecule has 0 heterocycles. The van der Waals surface area contributed by atoms with Gasteiger partial charge < -0.3 is 33.8 Å². The molecule has 0 amide bonds. The zero-order valence-electron chi connectivity index (χ0n) is 49.1. The maximum Gasteiger partial charge on any atom is 0.472 e. The number of hydrogen-bond donors (Lipinski definition) is 3. The first-order valence-corrected chi connectivity index (χ1v) is 33.7. The third kappa shape index (κ3) is 51.9. The third-order valence-electron chi connectivity index (χ3n) is 13.6. The monoisotopic (exact) mass is 1140 g/mol. The summed E-state index contributed by atoms with van der Waals surface area (Å²) in [4.78, 5) is 71.6. The number of phosphoric acid groups is 2. The van der Waals surface area contributed by atoms with E-state index in [9.17, 15) is 43.2 Å². The van der Waals surface area contributed by atoms with E-state index in [2.05, 4.69) is 34.6 Å². The minimum atomic E-state index is -4.94. The summed E-state index contributed by atoms with van der Waals surface area (Å²) in [5.74, 6) is -1.42. The molecule has 77 heavy (non-hydrogen) atoms. The molecule has 0 aliphatic carbocycles. The molecule has 0 radical (unpaired) electrons. The molecule has 0 aromatic heterocycles. The van der Waals surface area contributed by atoms with E-state index in [1.54, 1.807) is 0 Å². The molecule has 3 N–H and O–H groups in total. The second kappa shape index (κ2) is 52.2. The van der Waals surface area contributed by atoms with E-state index in [0.717, 1.165) is 115 Å². The van der Waals surface area contributed by atoms with Crippen molar-refractivity contribution < 1.29 is 80.2 Å². The molecule has 0 spiro atoms. The van der Waals surface area contributed by atoms with Crippen LogP contribution in [0.2, 0.25) is 0 Å². The Labute approximate surface area is 467 Å². The maximum absolute atomic E-state index is 12.9. The van der Waals surface area contributed by atoms with Gasteiger partial charge in [-0.25, -0.2) is 9.13 Å². The molecule has 0 saturated carbocycles. The van der Waals surface area contributed by atoms with E-state index in [4.69, 9.17) is 37.0 Å². The third-order valence-corrected chi connectivity index (χ3v) is 15.5. The van der Waals surface area contributed by atoms with Crippen molar-refractivity contribution in [2.24, 2.45) is 5.92 Å². The van der Waals surface area contributed by atoms with Crippen LogP contribution in [0, 0.1) is 5.92 Å². The summed E-state index contributed by atoms with van der Waals surface area (Å²) < 4.78 is 67.5. The Balaban J connectivity index is 5.17. The predicted octanol–water partition coefficient (Wildman–Crippen LogP) is 15.5. The molecular formula is C58H112O17P2. The fraction of sp³-hybridized carbons (Fsp3) is 0.931. The van der Waals surface area contributed by atoms with Crippen molar-refractivity contribution in [1.82, 2.24) is 0 Å². The fourth-order valence-electron chi connectivity index (χ4n) is 8.49. The van der Waals surface area contributed by atoms with Gasteiger partial charge in [0.1, 0.15) is 19.3 Å². The molecule has 456 valence electrons. The number of aliphatic hydroxyl groups excluding tert-OH is 1. The van der Waals surface area contributed by atoms with Crippen molar-refractivity contribution in [2.75, 3.05) is 39.6 Å². The molecule has 0 bridgehead atoms. The molecule has 0 aromatic rings. The van der Waals surface area contributed by atoms with Crippen LogP contribution in [0.4, 0.5) is 0 Å². The quantitative estimate of drug-likeness (QED) is 0.0222. The lowest BCUT2D eigenvalue weighted by Crippen LogP contribution is -2.30. The fourth-order valence-corrected chi connectivity index (χ4v) is 10.1. The van der Waals surface area contributed by atoms with E-state index in [1.807, 2.05) is 0 Å². The minimum absolute atomic E-state index is 0.104. The van der Waals surface area contributed by atoms with Crippen molar-refractivity contribution >= 4 is 39.5 Å². The van der Waals surface area contributed by atoms with Gasteiger partial charge in [-0.3, -0.25) is 37.3 Å². The van der Waals surface area contributed by atoms with E-state index in [0.29, 0.717) is 25.7 Å². The Bertz CT molecular complexity index is 1520. The van der Waals surface area contributed by atoms with E-state index in [-0.39, 0.29) is 25.7 Å². The average Bonchev–Trinajstić information content (AvgIpc) is 3.40. The smallest absolute Gasteiger partial charge is 0.462 e. The Morgan fingerprint density at radius 2 is 0.623 bits per heavy atom. The highest BCUT2D eigenvalue weighted by atomic mass is 31.2. The second-order valence-corrected chi connectivity index (χ2v) is 24.2. The first-order chi connectivity index (χ1) is 37.1. The number of hydrogen-bond acceptors (Lipinski definition) is 15. The van der Waals surface area contributed by atoms with Crippen molar-refractivity contribution in [2.45, 2.75) is 303 Å². The molecule has 0 aromatic carbocycles. The molecule has 0 fully saturated rings. The molecule has 0 rings (SSSR count). The zero-order valence-corrected chi connectivity index (χ0v) is 50.9. The zero-order chi connectivity index (χ0) is 57.1. The number of unbranched alkanes of at least 4 members (excludes halogenated alkanes) is 29. The predicted molar refractivity (Wildman–Crippen MR) is 303 cm³/mol. The van der Waals surface area contributed by atoms with Gasteiger partial charge in [-0.2, -0.15) is 0 Å². The SMILES string of the molecule is CCCCCCCCCCCCCCCCC(=O)O[C@H](COC(=O)CCCCCCCCC(C)CC)COP(=O)(O)OC[C@@H](O)COP(=O)(O)OC[C@@H](COC(=O)CCCCCCC)OC(=O)CCCCCCCCCC. The number of carbonyl (C=O) groups excluding carboxylic acids is 4. The van der Waals surface area contributed by atoms with Crippen LogP contribution in [-0.2, 0) is 65.4 Å².